The highest BCUT2D eigenvalue weighted by atomic mass is 32.2. The molecule has 15 nitrogen and oxygen atoms in total. The number of hydrogen-bond donors (Lipinski definition) is 4. The fourth-order valence-electron chi connectivity index (χ4n) is 4.32. The highest BCUT2D eigenvalue weighted by molar-refractivity contribution is 7.91. The molecule has 0 radical (unpaired) electrons. The summed E-state index contributed by atoms with van der Waals surface area (Å²) in [5, 5.41) is 16.9. The summed E-state index contributed by atoms with van der Waals surface area (Å²) < 4.78 is 73.4. The largest absolute Gasteiger partial charge is 0.504 e. The standard InChI is InChI=1S/C29H25F2N7O8S/c1-3-44-28(41)17-12-36-29(37-26(17)40)47(42,43)15-5-7-20(16(11-15)25-34-8-9-38(25)2)45-23-18(30)13-35-27(22(23)31)46-21-10-14(24(32)33)4-6-19(21)39/h4-7,10-13,39H,3,8-9H2,1-2H3,(H3,32,33)(H,36,37,40). The van der Waals surface area contributed by atoms with Crippen LogP contribution in [0.4, 0.5) is 8.78 Å². The summed E-state index contributed by atoms with van der Waals surface area (Å²) in [5.41, 5.74) is 4.09. The number of nitrogens with zero attached hydrogens (tertiary/aromatic N) is 4. The van der Waals surface area contributed by atoms with Crippen LogP contribution in [0.2, 0.25) is 0 Å². The quantitative estimate of drug-likeness (QED) is 0.0828. The number of esters is 1. The molecule has 1 aliphatic heterocycles. The van der Waals surface area contributed by atoms with Gasteiger partial charge in [-0.3, -0.25) is 20.2 Å². The number of carbonyl (C=O) groups excluding carboxylic acids is 1. The summed E-state index contributed by atoms with van der Waals surface area (Å²) >= 11 is 0. The summed E-state index contributed by atoms with van der Waals surface area (Å²) in [5.74, 6) is -6.54. The van der Waals surface area contributed by atoms with Crippen molar-refractivity contribution in [2.75, 3.05) is 26.7 Å². The lowest BCUT2D eigenvalue weighted by Gasteiger charge is -2.19. The Bertz CT molecular complexity index is 2120. The van der Waals surface area contributed by atoms with Gasteiger partial charge in [0.25, 0.3) is 11.4 Å². The van der Waals surface area contributed by atoms with Gasteiger partial charge < -0.3 is 30.0 Å². The number of carbonyl (C=O) groups is 1. The van der Waals surface area contributed by atoms with E-state index in [-0.39, 0.29) is 40.9 Å². The van der Waals surface area contributed by atoms with E-state index in [9.17, 15) is 27.5 Å². The van der Waals surface area contributed by atoms with E-state index in [0.29, 0.717) is 19.3 Å². The molecule has 244 valence electrons. The predicted molar refractivity (Wildman–Crippen MR) is 160 cm³/mol. The molecular weight excluding hydrogens is 644 g/mol. The van der Waals surface area contributed by atoms with Gasteiger partial charge in [-0.15, -0.1) is 0 Å². The molecule has 5 N–H and O–H groups in total. The maximum Gasteiger partial charge on any atom is 0.345 e. The number of aromatic hydroxyl groups is 1. The molecule has 0 amide bonds. The summed E-state index contributed by atoms with van der Waals surface area (Å²) in [6.07, 6.45) is 1.39. The molecule has 0 unspecified atom stereocenters. The summed E-state index contributed by atoms with van der Waals surface area (Å²) in [6.45, 7) is 2.27. The molecule has 0 saturated carbocycles. The Morgan fingerprint density at radius 2 is 1.89 bits per heavy atom. The van der Waals surface area contributed by atoms with E-state index < -0.39 is 66.0 Å². The molecule has 0 saturated heterocycles. The topological polar surface area (TPSA) is 223 Å². The van der Waals surface area contributed by atoms with Crippen LogP contribution in [0.25, 0.3) is 0 Å². The Kier molecular flexibility index (Phi) is 8.87. The number of nitrogens with one attached hydrogen (secondary N) is 2. The van der Waals surface area contributed by atoms with Gasteiger partial charge in [0.15, 0.2) is 17.3 Å². The van der Waals surface area contributed by atoms with Gasteiger partial charge >= 0.3 is 5.97 Å². The van der Waals surface area contributed by atoms with E-state index in [1.807, 2.05) is 0 Å². The molecule has 3 heterocycles. The number of nitrogen functional groups attached to an aromatic ring is 1. The lowest BCUT2D eigenvalue weighted by Crippen LogP contribution is -2.25. The van der Waals surface area contributed by atoms with Crippen molar-refractivity contribution in [2.45, 2.75) is 17.0 Å². The highest BCUT2D eigenvalue weighted by Crippen LogP contribution is 2.38. The van der Waals surface area contributed by atoms with Crippen molar-refractivity contribution in [1.29, 1.82) is 5.41 Å². The van der Waals surface area contributed by atoms with E-state index in [0.717, 1.165) is 36.5 Å². The normalized spacial score (nSPS) is 12.9. The summed E-state index contributed by atoms with van der Waals surface area (Å²) in [6, 6.07) is 6.96. The van der Waals surface area contributed by atoms with Gasteiger partial charge in [-0.25, -0.2) is 27.6 Å². The lowest BCUT2D eigenvalue weighted by atomic mass is 10.1. The minimum atomic E-state index is -4.52. The van der Waals surface area contributed by atoms with Crippen molar-refractivity contribution in [1.82, 2.24) is 19.9 Å². The van der Waals surface area contributed by atoms with Crippen molar-refractivity contribution >= 4 is 27.5 Å². The molecule has 0 atom stereocenters. The molecule has 2 aromatic carbocycles. The number of amidine groups is 2. The molecule has 0 spiro atoms. The Balaban J connectivity index is 1.54. The fraction of sp³-hybridized carbons (Fsp3) is 0.172. The number of nitrogens with two attached hydrogens (primary N) is 1. The first-order valence-electron chi connectivity index (χ1n) is 13.6. The van der Waals surface area contributed by atoms with Crippen molar-refractivity contribution in [3.05, 3.63) is 87.5 Å². The predicted octanol–water partition coefficient (Wildman–Crippen LogP) is 2.72. The second-order valence-corrected chi connectivity index (χ2v) is 11.7. The Morgan fingerprint density at radius 3 is 2.55 bits per heavy atom. The molecule has 47 heavy (non-hydrogen) atoms. The number of sulfone groups is 1. The molecular formula is C29H25F2N7O8S. The molecule has 4 aromatic rings. The third-order valence-electron chi connectivity index (χ3n) is 6.68. The maximum absolute atomic E-state index is 15.6. The van der Waals surface area contributed by atoms with Crippen molar-refractivity contribution in [3.63, 3.8) is 0 Å². The molecule has 5 rings (SSSR count). The van der Waals surface area contributed by atoms with Gasteiger partial charge in [0.05, 0.1) is 36.0 Å². The number of aliphatic imine (C=N–C) groups is 1. The molecule has 0 fully saturated rings. The zero-order valence-electron chi connectivity index (χ0n) is 24.6. The zero-order chi connectivity index (χ0) is 34.0. The first-order chi connectivity index (χ1) is 22.3. The number of rotatable bonds is 10. The second-order valence-electron chi connectivity index (χ2n) is 9.79. The van der Waals surface area contributed by atoms with Gasteiger partial charge in [0.1, 0.15) is 23.0 Å². The van der Waals surface area contributed by atoms with Crippen LogP contribution in [-0.2, 0) is 14.6 Å². The Labute approximate surface area is 264 Å². The third kappa shape index (κ3) is 6.43. The maximum atomic E-state index is 15.6. The Morgan fingerprint density at radius 1 is 1.13 bits per heavy atom. The number of ether oxygens (including phenoxy) is 3. The number of benzene rings is 2. The fourth-order valence-corrected chi connectivity index (χ4v) is 5.48. The number of halogens is 2. The molecule has 0 aliphatic carbocycles. The minimum Gasteiger partial charge on any atom is -0.504 e. The molecule has 0 bridgehead atoms. The van der Waals surface area contributed by atoms with Gasteiger partial charge in [0.2, 0.25) is 26.6 Å². The van der Waals surface area contributed by atoms with Crippen LogP contribution < -0.4 is 20.8 Å². The molecule has 2 aromatic heterocycles. The second kappa shape index (κ2) is 12.8. The van der Waals surface area contributed by atoms with Crippen molar-refractivity contribution in [3.8, 4) is 28.9 Å². The van der Waals surface area contributed by atoms with Crippen LogP contribution in [0.3, 0.4) is 0 Å². The van der Waals surface area contributed by atoms with E-state index in [1.165, 1.54) is 13.0 Å². The van der Waals surface area contributed by atoms with E-state index >= 15 is 4.39 Å². The summed E-state index contributed by atoms with van der Waals surface area (Å²) in [7, 11) is -2.86. The number of pyridine rings is 1. The number of H-pyrrole nitrogens is 1. The van der Waals surface area contributed by atoms with Crippen LogP contribution in [-0.4, -0.2) is 77.8 Å². The molecule has 1 aliphatic rings. The van der Waals surface area contributed by atoms with Crippen molar-refractivity contribution < 1.29 is 41.3 Å². The smallest absolute Gasteiger partial charge is 0.345 e. The van der Waals surface area contributed by atoms with Crippen LogP contribution in [0.1, 0.15) is 28.4 Å². The van der Waals surface area contributed by atoms with Gasteiger partial charge in [0, 0.05) is 19.2 Å². The number of phenolic OH excluding ortho intramolecular Hbond substituents is 1. The van der Waals surface area contributed by atoms with Crippen LogP contribution >= 0.6 is 0 Å². The SMILES string of the molecule is CCOC(=O)c1cnc(S(=O)(=O)c2ccc(Oc3c(F)cnc(Oc4cc(C(=N)N)ccc4O)c3F)c(C3=NCCN3C)c2)[nH]c1=O. The zero-order valence-corrected chi connectivity index (χ0v) is 25.4. The average molecular weight is 670 g/mol. The number of phenols is 1. The minimum absolute atomic E-state index is 0.0152. The van der Waals surface area contributed by atoms with Crippen LogP contribution in [0, 0.1) is 17.0 Å². The van der Waals surface area contributed by atoms with Gasteiger partial charge in [-0.1, -0.05) is 0 Å². The van der Waals surface area contributed by atoms with E-state index in [2.05, 4.69) is 19.9 Å². The highest BCUT2D eigenvalue weighted by Gasteiger charge is 2.29. The van der Waals surface area contributed by atoms with Gasteiger partial charge in [-0.05, 0) is 43.3 Å². The van der Waals surface area contributed by atoms with Crippen LogP contribution in [0.15, 0.2) is 68.6 Å². The molecule has 18 heteroatoms. The Hall–Kier alpha value is -5.91. The average Bonchev–Trinajstić information content (AvgIpc) is 3.46. The number of likely N-dealkylation sites (N-methyl/N-ethyl adjacent to an activating group) is 1. The number of aromatic amines is 1. The first kappa shape index (κ1) is 32.5. The monoisotopic (exact) mass is 669 g/mol. The van der Waals surface area contributed by atoms with E-state index in [1.54, 1.807) is 11.9 Å². The number of aromatic nitrogens is 3. The number of hydrogen-bond acceptors (Lipinski definition) is 13. The lowest BCUT2D eigenvalue weighted by molar-refractivity contribution is 0.0523. The first-order valence-corrected chi connectivity index (χ1v) is 15.1. The van der Waals surface area contributed by atoms with Gasteiger partial charge in [-0.2, -0.15) is 4.39 Å². The van der Waals surface area contributed by atoms with Crippen molar-refractivity contribution in [2.24, 2.45) is 10.7 Å². The summed E-state index contributed by atoms with van der Waals surface area (Å²) in [4.78, 5) is 39.5. The van der Waals surface area contributed by atoms with Crippen LogP contribution in [0.5, 0.6) is 28.9 Å². The van der Waals surface area contributed by atoms with E-state index in [4.69, 9.17) is 25.4 Å². The third-order valence-corrected chi connectivity index (χ3v) is 8.27.